The SMILES string of the molecule is CCC(=O)c1ccc(OCC(=O)OCc2ccc(Cl)cc2)cc1. The fraction of sp³-hybridized carbons (Fsp3) is 0.222. The van der Waals surface area contributed by atoms with Gasteiger partial charge in [0.25, 0.3) is 0 Å². The van der Waals surface area contributed by atoms with Gasteiger partial charge in [0.15, 0.2) is 12.4 Å². The highest BCUT2D eigenvalue weighted by Crippen LogP contribution is 2.14. The van der Waals surface area contributed by atoms with Crippen LogP contribution < -0.4 is 4.74 Å². The minimum Gasteiger partial charge on any atom is -0.482 e. The zero-order valence-electron chi connectivity index (χ0n) is 12.8. The number of carbonyl (C=O) groups is 2. The molecular formula is C18H17ClO4. The molecule has 0 aliphatic rings. The first kappa shape index (κ1) is 17.0. The van der Waals surface area contributed by atoms with Crippen molar-refractivity contribution in [3.8, 4) is 5.75 Å². The summed E-state index contributed by atoms with van der Waals surface area (Å²) in [6.45, 7) is 1.79. The van der Waals surface area contributed by atoms with Crippen LogP contribution in [0.5, 0.6) is 5.75 Å². The lowest BCUT2D eigenvalue weighted by molar-refractivity contribution is -0.147. The Morgan fingerprint density at radius 1 is 1.00 bits per heavy atom. The minimum absolute atomic E-state index is 0.0684. The molecule has 120 valence electrons. The third kappa shape index (κ3) is 5.42. The highest BCUT2D eigenvalue weighted by molar-refractivity contribution is 6.30. The second kappa shape index (κ2) is 8.34. The molecule has 0 N–H and O–H groups in total. The van der Waals surface area contributed by atoms with Gasteiger partial charge in [0, 0.05) is 17.0 Å². The molecule has 0 saturated heterocycles. The summed E-state index contributed by atoms with van der Waals surface area (Å²) in [5.41, 5.74) is 1.48. The zero-order valence-corrected chi connectivity index (χ0v) is 13.5. The molecule has 0 amide bonds. The van der Waals surface area contributed by atoms with Crippen molar-refractivity contribution in [1.29, 1.82) is 0 Å². The van der Waals surface area contributed by atoms with E-state index >= 15 is 0 Å². The Bertz CT molecular complexity index is 662. The molecule has 2 rings (SSSR count). The predicted molar refractivity (Wildman–Crippen MR) is 87.8 cm³/mol. The van der Waals surface area contributed by atoms with Crippen LogP contribution >= 0.6 is 11.6 Å². The van der Waals surface area contributed by atoms with Gasteiger partial charge in [-0.15, -0.1) is 0 Å². The van der Waals surface area contributed by atoms with Crippen molar-refractivity contribution in [3.05, 3.63) is 64.7 Å². The fourth-order valence-electron chi connectivity index (χ4n) is 1.87. The molecule has 0 bridgehead atoms. The van der Waals surface area contributed by atoms with E-state index < -0.39 is 5.97 Å². The first-order chi connectivity index (χ1) is 11.1. The molecule has 4 nitrogen and oxygen atoms in total. The number of ether oxygens (including phenoxy) is 2. The van der Waals surface area contributed by atoms with E-state index in [0.29, 0.717) is 22.8 Å². The van der Waals surface area contributed by atoms with Crippen molar-refractivity contribution in [2.75, 3.05) is 6.61 Å². The summed E-state index contributed by atoms with van der Waals surface area (Å²) in [5.74, 6) is 0.119. The first-order valence-corrected chi connectivity index (χ1v) is 7.62. The predicted octanol–water partition coefficient (Wildman–Crippen LogP) is 4.05. The van der Waals surface area contributed by atoms with Gasteiger partial charge in [0.1, 0.15) is 12.4 Å². The van der Waals surface area contributed by atoms with Crippen LogP contribution in [0, 0.1) is 0 Å². The van der Waals surface area contributed by atoms with Gasteiger partial charge in [-0.25, -0.2) is 4.79 Å². The van der Waals surface area contributed by atoms with Crippen molar-refractivity contribution < 1.29 is 19.1 Å². The van der Waals surface area contributed by atoms with Crippen LogP contribution in [0.15, 0.2) is 48.5 Å². The average Bonchev–Trinajstić information content (AvgIpc) is 2.59. The number of benzene rings is 2. The lowest BCUT2D eigenvalue weighted by atomic mass is 10.1. The highest BCUT2D eigenvalue weighted by Gasteiger charge is 2.06. The van der Waals surface area contributed by atoms with Gasteiger partial charge in [-0.3, -0.25) is 4.79 Å². The van der Waals surface area contributed by atoms with Crippen molar-refractivity contribution >= 4 is 23.4 Å². The van der Waals surface area contributed by atoms with Gasteiger partial charge in [-0.2, -0.15) is 0 Å². The lowest BCUT2D eigenvalue weighted by Gasteiger charge is -2.08. The summed E-state index contributed by atoms with van der Waals surface area (Å²) in [4.78, 5) is 23.2. The van der Waals surface area contributed by atoms with Crippen molar-refractivity contribution in [3.63, 3.8) is 0 Å². The quantitative estimate of drug-likeness (QED) is 0.567. The molecule has 0 radical (unpaired) electrons. The Morgan fingerprint density at radius 3 is 2.26 bits per heavy atom. The highest BCUT2D eigenvalue weighted by atomic mass is 35.5. The third-order valence-electron chi connectivity index (χ3n) is 3.17. The van der Waals surface area contributed by atoms with Crippen molar-refractivity contribution in [1.82, 2.24) is 0 Å². The lowest BCUT2D eigenvalue weighted by Crippen LogP contribution is -2.14. The summed E-state index contributed by atoms with van der Waals surface area (Å²) in [5, 5.41) is 0.633. The maximum absolute atomic E-state index is 11.7. The molecule has 0 aromatic heterocycles. The number of halogens is 1. The number of rotatable bonds is 7. The third-order valence-corrected chi connectivity index (χ3v) is 3.42. The Morgan fingerprint density at radius 2 is 1.65 bits per heavy atom. The zero-order chi connectivity index (χ0) is 16.7. The maximum atomic E-state index is 11.7. The molecule has 0 fully saturated rings. The maximum Gasteiger partial charge on any atom is 0.344 e. The van der Waals surface area contributed by atoms with Gasteiger partial charge in [-0.1, -0.05) is 30.7 Å². The summed E-state index contributed by atoms with van der Waals surface area (Å²) in [7, 11) is 0. The van der Waals surface area contributed by atoms with Crippen LogP contribution in [0.4, 0.5) is 0 Å². The molecule has 23 heavy (non-hydrogen) atoms. The number of hydrogen-bond donors (Lipinski definition) is 0. The second-order valence-corrected chi connectivity index (χ2v) is 5.31. The Balaban J connectivity index is 1.77. The van der Waals surface area contributed by atoms with E-state index in [0.717, 1.165) is 5.56 Å². The van der Waals surface area contributed by atoms with E-state index in [9.17, 15) is 9.59 Å². The number of hydrogen-bond acceptors (Lipinski definition) is 4. The van der Waals surface area contributed by atoms with Gasteiger partial charge < -0.3 is 9.47 Å². The molecule has 0 saturated carbocycles. The molecule has 2 aromatic rings. The fourth-order valence-corrected chi connectivity index (χ4v) is 2.00. The molecular weight excluding hydrogens is 316 g/mol. The topological polar surface area (TPSA) is 52.6 Å². The van der Waals surface area contributed by atoms with Crippen molar-refractivity contribution in [2.45, 2.75) is 20.0 Å². The van der Waals surface area contributed by atoms with Crippen LogP contribution in [0.2, 0.25) is 5.02 Å². The van der Waals surface area contributed by atoms with Crippen molar-refractivity contribution in [2.24, 2.45) is 0 Å². The molecule has 0 aliphatic heterocycles. The smallest absolute Gasteiger partial charge is 0.344 e. The van der Waals surface area contributed by atoms with Crippen LogP contribution in [-0.4, -0.2) is 18.4 Å². The van der Waals surface area contributed by atoms with Gasteiger partial charge >= 0.3 is 5.97 Å². The molecule has 2 aromatic carbocycles. The molecule has 0 spiro atoms. The standard InChI is InChI=1S/C18H17ClO4/c1-2-17(20)14-5-9-16(10-6-14)22-12-18(21)23-11-13-3-7-15(19)8-4-13/h3-10H,2,11-12H2,1H3. The molecule has 0 heterocycles. The van der Waals surface area contributed by atoms with Gasteiger partial charge in [0.2, 0.25) is 0 Å². The Labute approximate surface area is 140 Å². The van der Waals surface area contributed by atoms with Gasteiger partial charge in [0.05, 0.1) is 0 Å². The summed E-state index contributed by atoms with van der Waals surface area (Å²) < 4.78 is 10.4. The molecule has 5 heteroatoms. The van der Waals surface area contributed by atoms with Gasteiger partial charge in [-0.05, 0) is 42.0 Å². The van der Waals surface area contributed by atoms with E-state index in [1.54, 1.807) is 48.5 Å². The van der Waals surface area contributed by atoms with E-state index in [1.165, 1.54) is 0 Å². The van der Waals surface area contributed by atoms with E-state index in [-0.39, 0.29) is 19.0 Å². The number of Topliss-reactive ketones (excluding diaryl/α,β-unsaturated/α-hetero) is 1. The largest absolute Gasteiger partial charge is 0.482 e. The Hall–Kier alpha value is -2.33. The van der Waals surface area contributed by atoms with E-state index in [2.05, 4.69) is 0 Å². The summed E-state index contributed by atoms with van der Waals surface area (Å²) in [6.07, 6.45) is 0.456. The number of carbonyl (C=O) groups excluding carboxylic acids is 2. The summed E-state index contributed by atoms with van der Waals surface area (Å²) in [6, 6.07) is 13.7. The summed E-state index contributed by atoms with van der Waals surface area (Å²) >= 11 is 5.78. The first-order valence-electron chi connectivity index (χ1n) is 7.24. The normalized spacial score (nSPS) is 10.2. The minimum atomic E-state index is -0.464. The molecule has 0 unspecified atom stereocenters. The average molecular weight is 333 g/mol. The van der Waals surface area contributed by atoms with E-state index in [4.69, 9.17) is 21.1 Å². The van der Waals surface area contributed by atoms with Crippen LogP contribution in [0.3, 0.4) is 0 Å². The number of ketones is 1. The van der Waals surface area contributed by atoms with Crippen LogP contribution in [-0.2, 0) is 16.1 Å². The Kier molecular flexibility index (Phi) is 6.18. The van der Waals surface area contributed by atoms with Crippen LogP contribution in [0.1, 0.15) is 29.3 Å². The monoisotopic (exact) mass is 332 g/mol. The second-order valence-electron chi connectivity index (χ2n) is 4.88. The number of esters is 1. The van der Waals surface area contributed by atoms with E-state index in [1.807, 2.05) is 6.92 Å². The van der Waals surface area contributed by atoms with Crippen LogP contribution in [0.25, 0.3) is 0 Å². The molecule has 0 atom stereocenters. The molecule has 0 aliphatic carbocycles.